The Labute approximate surface area is 151 Å². The molecule has 5 nitrogen and oxygen atoms in total. The second-order valence-electron chi connectivity index (χ2n) is 4.43. The fourth-order valence-corrected chi connectivity index (χ4v) is 3.24. The lowest BCUT2D eigenvalue weighted by atomic mass is 10.0. The molecule has 0 radical (unpaired) electrons. The maximum Gasteiger partial charge on any atom is 0.315 e. The standard InChI is InChI=1S/C14H18Br2O5S/c1-2-20-11(3-4-21-12(17)7-22)14(19)9-5-8(15)6-10(16)13(9)18/h5-6,11,14,18-19,22H,2-4,7H2,1H3/t11-,14-/m0/s1. The molecule has 0 bridgehead atoms. The van der Waals surface area contributed by atoms with E-state index >= 15 is 0 Å². The summed E-state index contributed by atoms with van der Waals surface area (Å²) in [6.45, 7) is 2.30. The zero-order valence-electron chi connectivity index (χ0n) is 12.0. The number of esters is 1. The van der Waals surface area contributed by atoms with Crippen LogP contribution in [0.3, 0.4) is 0 Å². The van der Waals surface area contributed by atoms with Crippen LogP contribution in [-0.2, 0) is 14.3 Å². The summed E-state index contributed by atoms with van der Waals surface area (Å²) < 4.78 is 11.6. The number of rotatable bonds is 8. The third kappa shape index (κ3) is 5.73. The van der Waals surface area contributed by atoms with E-state index in [1.54, 1.807) is 19.1 Å². The molecule has 0 unspecified atom stereocenters. The number of halogens is 2. The summed E-state index contributed by atoms with van der Waals surface area (Å²) in [6.07, 6.45) is -1.36. The number of carbonyl (C=O) groups is 1. The number of hydrogen-bond donors (Lipinski definition) is 3. The number of carbonyl (C=O) groups excluding carboxylic acids is 1. The lowest BCUT2D eigenvalue weighted by molar-refractivity contribution is -0.142. The van der Waals surface area contributed by atoms with Gasteiger partial charge in [-0.2, -0.15) is 12.6 Å². The second-order valence-corrected chi connectivity index (χ2v) is 6.52. The number of aliphatic hydroxyl groups is 1. The third-order valence-electron chi connectivity index (χ3n) is 2.90. The fraction of sp³-hybridized carbons (Fsp3) is 0.500. The van der Waals surface area contributed by atoms with Crippen LogP contribution in [-0.4, -0.2) is 41.3 Å². The van der Waals surface area contributed by atoms with Crippen LogP contribution in [0.25, 0.3) is 0 Å². The predicted octanol–water partition coefficient (Wildman–Crippen LogP) is 3.22. The van der Waals surface area contributed by atoms with Gasteiger partial charge in [-0.1, -0.05) is 15.9 Å². The minimum absolute atomic E-state index is 0.00121. The van der Waals surface area contributed by atoms with Crippen LogP contribution in [0.5, 0.6) is 5.75 Å². The number of hydrogen-bond acceptors (Lipinski definition) is 6. The molecule has 0 aliphatic rings. The molecule has 1 aromatic rings. The number of ether oxygens (including phenoxy) is 2. The van der Waals surface area contributed by atoms with E-state index in [9.17, 15) is 15.0 Å². The molecule has 8 heteroatoms. The van der Waals surface area contributed by atoms with Gasteiger partial charge in [-0.3, -0.25) is 4.79 Å². The summed E-state index contributed by atoms with van der Waals surface area (Å²) in [5, 5.41) is 20.6. The van der Waals surface area contributed by atoms with Gasteiger partial charge in [0.2, 0.25) is 0 Å². The molecule has 22 heavy (non-hydrogen) atoms. The van der Waals surface area contributed by atoms with Gasteiger partial charge in [-0.05, 0) is 35.0 Å². The molecule has 2 atom stereocenters. The molecule has 0 aliphatic heterocycles. The zero-order chi connectivity index (χ0) is 16.7. The fourth-order valence-electron chi connectivity index (χ4n) is 1.89. The van der Waals surface area contributed by atoms with E-state index in [4.69, 9.17) is 9.47 Å². The molecular weight excluding hydrogens is 440 g/mol. The van der Waals surface area contributed by atoms with Crippen LogP contribution in [0.15, 0.2) is 21.1 Å². The molecule has 0 fully saturated rings. The van der Waals surface area contributed by atoms with Gasteiger partial charge in [0.25, 0.3) is 0 Å². The lowest BCUT2D eigenvalue weighted by Crippen LogP contribution is -2.25. The van der Waals surface area contributed by atoms with Gasteiger partial charge in [-0.15, -0.1) is 0 Å². The maximum atomic E-state index is 11.1. The Kier molecular flexibility index (Phi) is 8.78. The van der Waals surface area contributed by atoms with Crippen LogP contribution in [0, 0.1) is 0 Å². The van der Waals surface area contributed by atoms with E-state index in [0.717, 1.165) is 0 Å². The number of thiol groups is 1. The highest BCUT2D eigenvalue weighted by molar-refractivity contribution is 9.11. The summed E-state index contributed by atoms with van der Waals surface area (Å²) in [5.41, 5.74) is 0.334. The SMILES string of the molecule is CCO[C@@H](CCOC(=O)CS)[C@@H](O)c1cc(Br)cc(Br)c1O. The highest BCUT2D eigenvalue weighted by Gasteiger charge is 2.25. The molecule has 0 aromatic heterocycles. The first kappa shape index (κ1) is 19.8. The van der Waals surface area contributed by atoms with Crippen LogP contribution < -0.4 is 0 Å². The van der Waals surface area contributed by atoms with Gasteiger partial charge < -0.3 is 19.7 Å². The van der Waals surface area contributed by atoms with Crippen molar-refractivity contribution in [2.24, 2.45) is 0 Å². The first-order valence-corrected chi connectivity index (χ1v) is 8.86. The van der Waals surface area contributed by atoms with Crippen molar-refractivity contribution >= 4 is 50.5 Å². The molecular formula is C14H18Br2O5S. The Morgan fingerprint density at radius 1 is 1.41 bits per heavy atom. The molecule has 2 N–H and O–H groups in total. The quantitative estimate of drug-likeness (QED) is 0.412. The van der Waals surface area contributed by atoms with Crippen molar-refractivity contribution < 1.29 is 24.5 Å². The molecule has 1 aromatic carbocycles. The molecule has 0 heterocycles. The first-order valence-electron chi connectivity index (χ1n) is 6.64. The van der Waals surface area contributed by atoms with Gasteiger partial charge in [0, 0.05) is 23.1 Å². The Morgan fingerprint density at radius 2 is 2.09 bits per heavy atom. The largest absolute Gasteiger partial charge is 0.506 e. The summed E-state index contributed by atoms with van der Waals surface area (Å²) >= 11 is 10.4. The van der Waals surface area contributed by atoms with Crippen LogP contribution in [0.2, 0.25) is 0 Å². The van der Waals surface area contributed by atoms with E-state index in [0.29, 0.717) is 27.5 Å². The van der Waals surface area contributed by atoms with Crippen molar-refractivity contribution in [1.29, 1.82) is 0 Å². The van der Waals surface area contributed by atoms with Crippen molar-refractivity contribution in [1.82, 2.24) is 0 Å². The van der Waals surface area contributed by atoms with Gasteiger partial charge in [-0.25, -0.2) is 0 Å². The summed E-state index contributed by atoms with van der Waals surface area (Å²) in [6, 6.07) is 3.30. The number of phenolic OH excluding ortho intramolecular Hbond substituents is 1. The Balaban J connectivity index is 2.84. The molecule has 0 saturated heterocycles. The zero-order valence-corrected chi connectivity index (χ0v) is 16.0. The van der Waals surface area contributed by atoms with Gasteiger partial charge in [0.15, 0.2) is 0 Å². The lowest BCUT2D eigenvalue weighted by Gasteiger charge is -2.24. The minimum atomic E-state index is -1.05. The molecule has 0 amide bonds. The predicted molar refractivity (Wildman–Crippen MR) is 93.3 cm³/mol. The number of aromatic hydroxyl groups is 1. The van der Waals surface area contributed by atoms with E-state index in [1.165, 1.54) is 0 Å². The van der Waals surface area contributed by atoms with Gasteiger partial charge >= 0.3 is 5.97 Å². The monoisotopic (exact) mass is 456 g/mol. The third-order valence-corrected chi connectivity index (χ3v) is 4.22. The minimum Gasteiger partial charge on any atom is -0.506 e. The summed E-state index contributed by atoms with van der Waals surface area (Å²) in [5.74, 6) is -0.477. The number of phenols is 1. The van der Waals surface area contributed by atoms with Crippen molar-refractivity contribution in [3.63, 3.8) is 0 Å². The number of aliphatic hydroxyl groups excluding tert-OH is 1. The molecule has 0 saturated carbocycles. The Morgan fingerprint density at radius 3 is 2.68 bits per heavy atom. The van der Waals surface area contributed by atoms with E-state index in [-0.39, 0.29) is 18.1 Å². The summed E-state index contributed by atoms with van der Waals surface area (Å²) in [7, 11) is 0. The normalized spacial score (nSPS) is 13.7. The smallest absolute Gasteiger partial charge is 0.315 e. The van der Waals surface area contributed by atoms with E-state index in [1.807, 2.05) is 0 Å². The van der Waals surface area contributed by atoms with E-state index < -0.39 is 18.2 Å². The maximum absolute atomic E-state index is 11.1. The van der Waals surface area contributed by atoms with Crippen LogP contribution in [0.1, 0.15) is 25.0 Å². The highest BCUT2D eigenvalue weighted by Crippen LogP contribution is 2.37. The van der Waals surface area contributed by atoms with Crippen molar-refractivity contribution in [3.05, 3.63) is 26.6 Å². The Bertz CT molecular complexity index is 512. The molecule has 124 valence electrons. The van der Waals surface area contributed by atoms with Crippen LogP contribution in [0.4, 0.5) is 0 Å². The van der Waals surface area contributed by atoms with Crippen molar-refractivity contribution in [2.45, 2.75) is 25.6 Å². The van der Waals surface area contributed by atoms with Crippen molar-refractivity contribution in [3.8, 4) is 5.75 Å². The average molecular weight is 458 g/mol. The average Bonchev–Trinajstić information content (AvgIpc) is 2.49. The number of benzene rings is 1. The van der Waals surface area contributed by atoms with Crippen molar-refractivity contribution in [2.75, 3.05) is 19.0 Å². The highest BCUT2D eigenvalue weighted by atomic mass is 79.9. The second kappa shape index (κ2) is 9.77. The van der Waals surface area contributed by atoms with Gasteiger partial charge in [0.05, 0.1) is 22.9 Å². The van der Waals surface area contributed by atoms with E-state index in [2.05, 4.69) is 44.5 Å². The molecule has 0 aliphatic carbocycles. The van der Waals surface area contributed by atoms with Crippen LogP contribution >= 0.6 is 44.5 Å². The summed E-state index contributed by atoms with van der Waals surface area (Å²) in [4.78, 5) is 11.1. The molecule has 1 rings (SSSR count). The first-order chi connectivity index (χ1) is 10.4. The Hall–Kier alpha value is -0.280. The molecule has 0 spiro atoms. The van der Waals surface area contributed by atoms with Gasteiger partial charge in [0.1, 0.15) is 11.9 Å². The topological polar surface area (TPSA) is 76.0 Å².